The second-order valence-corrected chi connectivity index (χ2v) is 9.54. The van der Waals surface area contributed by atoms with Gasteiger partial charge in [0.1, 0.15) is 18.2 Å². The van der Waals surface area contributed by atoms with E-state index in [2.05, 4.69) is 37.0 Å². The maximum absolute atomic E-state index is 12.2. The molecule has 5 heteroatoms. The van der Waals surface area contributed by atoms with Crippen molar-refractivity contribution in [2.45, 2.75) is 64.4 Å². The Morgan fingerprint density at radius 2 is 1.97 bits per heavy atom. The maximum atomic E-state index is 12.2. The molecule has 0 fully saturated rings. The molecule has 174 valence electrons. The summed E-state index contributed by atoms with van der Waals surface area (Å²) in [4.78, 5) is 16.7. The fourth-order valence-electron chi connectivity index (χ4n) is 4.84. The van der Waals surface area contributed by atoms with Crippen LogP contribution in [-0.2, 0) is 35.0 Å². The van der Waals surface area contributed by atoms with Crippen molar-refractivity contribution < 1.29 is 14.3 Å². The number of carbonyl (C=O) groups excluding carboxylic acids is 1. The summed E-state index contributed by atoms with van der Waals surface area (Å²) in [5, 5.41) is 0. The molecule has 1 heterocycles. The molecule has 1 aromatic heterocycles. The SMILES string of the molecule is CCOC(=O)C[C@@H](c1ccc(OCc2ccc3c(c2)C(C)(C)CCC3)cc1)c1nccn1C. The van der Waals surface area contributed by atoms with Crippen LogP contribution in [0.4, 0.5) is 0 Å². The minimum Gasteiger partial charge on any atom is -0.489 e. The van der Waals surface area contributed by atoms with Crippen molar-refractivity contribution in [1.82, 2.24) is 9.55 Å². The normalized spacial score (nSPS) is 15.5. The van der Waals surface area contributed by atoms with E-state index in [1.165, 1.54) is 36.0 Å². The van der Waals surface area contributed by atoms with E-state index in [0.717, 1.165) is 17.1 Å². The molecule has 1 aliphatic carbocycles. The van der Waals surface area contributed by atoms with Crippen molar-refractivity contribution in [1.29, 1.82) is 0 Å². The Morgan fingerprint density at radius 3 is 2.67 bits per heavy atom. The van der Waals surface area contributed by atoms with Gasteiger partial charge < -0.3 is 14.0 Å². The van der Waals surface area contributed by atoms with Crippen LogP contribution in [0, 0.1) is 0 Å². The number of carbonyl (C=O) groups is 1. The first-order valence-electron chi connectivity index (χ1n) is 11.9. The zero-order chi connectivity index (χ0) is 23.4. The van der Waals surface area contributed by atoms with Crippen molar-refractivity contribution in [3.63, 3.8) is 0 Å². The first kappa shape index (κ1) is 23.1. The minimum absolute atomic E-state index is 0.166. The van der Waals surface area contributed by atoms with Crippen LogP contribution in [0.15, 0.2) is 54.9 Å². The van der Waals surface area contributed by atoms with Crippen LogP contribution in [0.2, 0.25) is 0 Å². The van der Waals surface area contributed by atoms with Crippen molar-refractivity contribution in [3.8, 4) is 5.75 Å². The van der Waals surface area contributed by atoms with Crippen LogP contribution in [0.25, 0.3) is 0 Å². The van der Waals surface area contributed by atoms with Crippen LogP contribution >= 0.6 is 0 Å². The van der Waals surface area contributed by atoms with Gasteiger partial charge in [-0.15, -0.1) is 0 Å². The molecule has 33 heavy (non-hydrogen) atoms. The van der Waals surface area contributed by atoms with Crippen LogP contribution in [0.3, 0.4) is 0 Å². The number of ether oxygens (including phenoxy) is 2. The average Bonchev–Trinajstić information content (AvgIpc) is 3.22. The number of aromatic nitrogens is 2. The Kier molecular flexibility index (Phi) is 6.87. The first-order chi connectivity index (χ1) is 15.9. The second-order valence-electron chi connectivity index (χ2n) is 9.54. The van der Waals surface area contributed by atoms with Gasteiger partial charge in [-0.25, -0.2) is 4.98 Å². The highest BCUT2D eigenvalue weighted by atomic mass is 16.5. The lowest BCUT2D eigenvalue weighted by molar-refractivity contribution is -0.143. The monoisotopic (exact) mass is 446 g/mol. The van der Waals surface area contributed by atoms with Crippen LogP contribution in [0.1, 0.15) is 74.0 Å². The molecule has 1 aliphatic rings. The fraction of sp³-hybridized carbons (Fsp3) is 0.429. The van der Waals surface area contributed by atoms with Crippen LogP contribution < -0.4 is 4.74 Å². The van der Waals surface area contributed by atoms with Crippen molar-refractivity contribution in [2.24, 2.45) is 7.05 Å². The van der Waals surface area contributed by atoms with Gasteiger partial charge in [-0.05, 0) is 66.0 Å². The number of esters is 1. The number of rotatable bonds is 8. The molecule has 0 aliphatic heterocycles. The molecule has 0 bridgehead atoms. The predicted molar refractivity (Wildman–Crippen MR) is 129 cm³/mol. The molecule has 0 saturated heterocycles. The van der Waals surface area contributed by atoms with Crippen LogP contribution in [0.5, 0.6) is 5.75 Å². The summed E-state index contributed by atoms with van der Waals surface area (Å²) in [6.45, 7) is 7.40. The molecular weight excluding hydrogens is 412 g/mol. The molecule has 5 nitrogen and oxygen atoms in total. The molecular formula is C28H34N2O3. The average molecular weight is 447 g/mol. The summed E-state index contributed by atoms with van der Waals surface area (Å²) in [5.74, 6) is 1.26. The summed E-state index contributed by atoms with van der Waals surface area (Å²) in [7, 11) is 1.94. The van der Waals surface area contributed by atoms with Gasteiger partial charge in [-0.2, -0.15) is 0 Å². The Hall–Kier alpha value is -3.08. The highest BCUT2D eigenvalue weighted by molar-refractivity contribution is 5.71. The third-order valence-corrected chi connectivity index (χ3v) is 6.69. The highest BCUT2D eigenvalue weighted by Gasteiger charge is 2.27. The quantitative estimate of drug-likeness (QED) is 0.417. The predicted octanol–water partition coefficient (Wildman–Crippen LogP) is 5.70. The van der Waals surface area contributed by atoms with E-state index in [1.54, 1.807) is 6.20 Å². The van der Waals surface area contributed by atoms with Gasteiger partial charge in [0, 0.05) is 19.4 Å². The van der Waals surface area contributed by atoms with Gasteiger partial charge in [0.25, 0.3) is 0 Å². The lowest BCUT2D eigenvalue weighted by Crippen LogP contribution is -2.24. The molecule has 0 unspecified atom stereocenters. The lowest BCUT2D eigenvalue weighted by atomic mass is 9.72. The van der Waals surface area contributed by atoms with Gasteiger partial charge in [-0.3, -0.25) is 4.79 Å². The lowest BCUT2D eigenvalue weighted by Gasteiger charge is -2.33. The number of aryl methyl sites for hydroxylation is 2. The van der Waals surface area contributed by atoms with Crippen molar-refractivity contribution >= 4 is 5.97 Å². The summed E-state index contributed by atoms with van der Waals surface area (Å²) < 4.78 is 13.3. The number of fused-ring (bicyclic) bond motifs is 1. The van der Waals surface area contributed by atoms with Gasteiger partial charge in [-0.1, -0.05) is 44.2 Å². The van der Waals surface area contributed by atoms with E-state index in [-0.39, 0.29) is 23.7 Å². The Labute approximate surface area is 196 Å². The van der Waals surface area contributed by atoms with Gasteiger partial charge in [0.05, 0.1) is 18.9 Å². The molecule has 4 rings (SSSR count). The third kappa shape index (κ3) is 5.29. The number of imidazole rings is 1. The van der Waals surface area contributed by atoms with Gasteiger partial charge in [0.2, 0.25) is 0 Å². The minimum atomic E-state index is -0.221. The van der Waals surface area contributed by atoms with E-state index in [1.807, 2.05) is 49.0 Å². The Bertz CT molecular complexity index is 1100. The Morgan fingerprint density at radius 1 is 1.18 bits per heavy atom. The standard InChI is InChI=1S/C28H34N2O3/c1-5-32-26(31)18-24(27-29-15-16-30(27)4)21-10-12-23(13-11-21)33-19-20-8-9-22-7-6-14-28(2,3)25(22)17-20/h8-13,15-17,24H,5-7,14,18-19H2,1-4H3/t24-/m0/s1. The van der Waals surface area contributed by atoms with Crippen LogP contribution in [-0.4, -0.2) is 22.1 Å². The molecule has 0 radical (unpaired) electrons. The third-order valence-electron chi connectivity index (χ3n) is 6.69. The highest BCUT2D eigenvalue weighted by Crippen LogP contribution is 2.37. The molecule has 0 spiro atoms. The summed E-state index contributed by atoms with van der Waals surface area (Å²) in [6.07, 6.45) is 7.57. The molecule has 1 atom stereocenters. The van der Waals surface area contributed by atoms with E-state index in [0.29, 0.717) is 13.2 Å². The number of hydrogen-bond acceptors (Lipinski definition) is 4. The van der Waals surface area contributed by atoms with Gasteiger partial charge >= 0.3 is 5.97 Å². The molecule has 0 N–H and O–H groups in total. The smallest absolute Gasteiger partial charge is 0.306 e. The summed E-state index contributed by atoms with van der Waals surface area (Å²) in [6, 6.07) is 14.8. The molecule has 0 saturated carbocycles. The van der Waals surface area contributed by atoms with E-state index in [9.17, 15) is 4.79 Å². The first-order valence-corrected chi connectivity index (χ1v) is 11.9. The molecule has 3 aromatic rings. The largest absolute Gasteiger partial charge is 0.489 e. The molecule has 0 amide bonds. The maximum Gasteiger partial charge on any atom is 0.306 e. The van der Waals surface area contributed by atoms with Crippen molar-refractivity contribution in [2.75, 3.05) is 6.61 Å². The number of benzene rings is 2. The zero-order valence-corrected chi connectivity index (χ0v) is 20.1. The number of nitrogens with zero attached hydrogens (tertiary/aromatic N) is 2. The fourth-order valence-corrected chi connectivity index (χ4v) is 4.84. The van der Waals surface area contributed by atoms with Crippen molar-refractivity contribution in [3.05, 3.63) is 82.9 Å². The topological polar surface area (TPSA) is 53.4 Å². The van der Waals surface area contributed by atoms with E-state index >= 15 is 0 Å². The van der Waals surface area contributed by atoms with E-state index < -0.39 is 0 Å². The Balaban J connectivity index is 1.47. The second kappa shape index (κ2) is 9.82. The van der Waals surface area contributed by atoms with Gasteiger partial charge in [0.15, 0.2) is 0 Å². The summed E-state index contributed by atoms with van der Waals surface area (Å²) >= 11 is 0. The zero-order valence-electron chi connectivity index (χ0n) is 20.1. The summed E-state index contributed by atoms with van der Waals surface area (Å²) in [5.41, 5.74) is 5.37. The van der Waals surface area contributed by atoms with E-state index in [4.69, 9.17) is 9.47 Å². The number of hydrogen-bond donors (Lipinski definition) is 0. The molecule has 2 aromatic carbocycles.